The summed E-state index contributed by atoms with van der Waals surface area (Å²) in [6.07, 6.45) is 5.42. The lowest BCUT2D eigenvalue weighted by molar-refractivity contribution is 0.0935. The summed E-state index contributed by atoms with van der Waals surface area (Å²) in [5.41, 5.74) is 3.20. The summed E-state index contributed by atoms with van der Waals surface area (Å²) in [5.74, 6) is 1.57. The van der Waals surface area contributed by atoms with Crippen LogP contribution in [0.5, 0.6) is 5.75 Å². The lowest BCUT2D eigenvalue weighted by atomic mass is 9.94. The summed E-state index contributed by atoms with van der Waals surface area (Å²) < 4.78 is 5.79. The molecule has 5 heteroatoms. The first kappa shape index (κ1) is 17.4. The zero-order chi connectivity index (χ0) is 18.1. The predicted octanol–water partition coefficient (Wildman–Crippen LogP) is 4.91. The number of amides is 1. The number of aryl methyl sites for hydroxylation is 1. The number of nitrogens with one attached hydrogen (secondary N) is 2. The number of anilines is 1. The van der Waals surface area contributed by atoms with Crippen LogP contribution in [0.15, 0.2) is 24.3 Å². The van der Waals surface area contributed by atoms with Crippen LogP contribution in [-0.2, 0) is 12.8 Å². The van der Waals surface area contributed by atoms with Crippen molar-refractivity contribution in [2.45, 2.75) is 52.1 Å². The van der Waals surface area contributed by atoms with E-state index in [0.29, 0.717) is 5.92 Å². The number of fused-ring (bicyclic) bond motifs is 3. The summed E-state index contributed by atoms with van der Waals surface area (Å²) >= 11 is 1.76. The molecule has 1 amide bonds. The topological polar surface area (TPSA) is 50.4 Å². The lowest BCUT2D eigenvalue weighted by Gasteiger charge is -2.27. The second-order valence-corrected chi connectivity index (χ2v) is 8.67. The predicted molar refractivity (Wildman–Crippen MR) is 106 cm³/mol. The second-order valence-electron chi connectivity index (χ2n) is 7.57. The van der Waals surface area contributed by atoms with Crippen LogP contribution in [0.25, 0.3) is 0 Å². The van der Waals surface area contributed by atoms with Crippen LogP contribution >= 0.6 is 11.3 Å². The Balaban J connectivity index is 1.47. The SMILES string of the molecule is CC(C)CCOc1ccc(C2NC(=O)c3c(sc4c3CCCC4)N2)cc1. The van der Waals surface area contributed by atoms with E-state index < -0.39 is 0 Å². The Labute approximate surface area is 159 Å². The third kappa shape index (κ3) is 3.45. The summed E-state index contributed by atoms with van der Waals surface area (Å²) in [7, 11) is 0. The molecule has 0 radical (unpaired) electrons. The highest BCUT2D eigenvalue weighted by molar-refractivity contribution is 7.16. The highest BCUT2D eigenvalue weighted by Crippen LogP contribution is 2.41. The van der Waals surface area contributed by atoms with Gasteiger partial charge in [0.15, 0.2) is 0 Å². The number of hydrogen-bond donors (Lipinski definition) is 2. The molecule has 1 aliphatic heterocycles. The molecule has 0 fully saturated rings. The standard InChI is InChI=1S/C21H26N2O2S/c1-13(2)11-12-25-15-9-7-14(8-10-15)19-22-20(24)18-16-5-3-4-6-17(16)26-21(18)23-19/h7-10,13,19,23H,3-6,11-12H2,1-2H3,(H,22,24). The monoisotopic (exact) mass is 370 g/mol. The Bertz CT molecular complexity index is 795. The van der Waals surface area contributed by atoms with Crippen LogP contribution in [0, 0.1) is 5.92 Å². The minimum atomic E-state index is -0.181. The van der Waals surface area contributed by atoms with Gasteiger partial charge in [-0.3, -0.25) is 4.79 Å². The van der Waals surface area contributed by atoms with Gasteiger partial charge in [0.1, 0.15) is 16.9 Å². The number of benzene rings is 1. The number of carbonyl (C=O) groups excluding carboxylic acids is 1. The van der Waals surface area contributed by atoms with Gasteiger partial charge in [0.25, 0.3) is 5.91 Å². The van der Waals surface area contributed by atoms with E-state index >= 15 is 0 Å². The molecule has 2 aliphatic rings. The normalized spacial score (nSPS) is 18.7. The van der Waals surface area contributed by atoms with Crippen molar-refractivity contribution in [2.75, 3.05) is 11.9 Å². The van der Waals surface area contributed by atoms with E-state index in [1.807, 2.05) is 24.3 Å². The summed E-state index contributed by atoms with van der Waals surface area (Å²) in [5, 5.41) is 7.67. The molecule has 1 aromatic carbocycles. The number of ether oxygens (including phenoxy) is 1. The molecule has 4 rings (SSSR count). The van der Waals surface area contributed by atoms with E-state index in [4.69, 9.17) is 4.74 Å². The largest absolute Gasteiger partial charge is 0.494 e. The molecule has 2 heterocycles. The second kappa shape index (κ2) is 7.31. The molecule has 0 spiro atoms. The zero-order valence-corrected chi connectivity index (χ0v) is 16.2. The van der Waals surface area contributed by atoms with Crippen molar-refractivity contribution >= 4 is 22.2 Å². The fraction of sp³-hybridized carbons (Fsp3) is 0.476. The van der Waals surface area contributed by atoms with Crippen molar-refractivity contribution in [2.24, 2.45) is 5.92 Å². The quantitative estimate of drug-likeness (QED) is 0.786. The Morgan fingerprint density at radius 1 is 1.15 bits per heavy atom. The van der Waals surface area contributed by atoms with E-state index in [0.717, 1.165) is 47.7 Å². The highest BCUT2D eigenvalue weighted by atomic mass is 32.1. The van der Waals surface area contributed by atoms with Crippen LogP contribution in [-0.4, -0.2) is 12.5 Å². The molecule has 1 aliphatic carbocycles. The van der Waals surface area contributed by atoms with Crippen molar-refractivity contribution in [3.63, 3.8) is 0 Å². The minimum Gasteiger partial charge on any atom is -0.494 e. The van der Waals surface area contributed by atoms with E-state index in [1.54, 1.807) is 11.3 Å². The third-order valence-electron chi connectivity index (χ3n) is 5.13. The molecule has 0 saturated carbocycles. The van der Waals surface area contributed by atoms with Gasteiger partial charge in [-0.25, -0.2) is 0 Å². The lowest BCUT2D eigenvalue weighted by Crippen LogP contribution is -2.38. The van der Waals surface area contributed by atoms with Crippen LogP contribution < -0.4 is 15.4 Å². The maximum absolute atomic E-state index is 12.7. The van der Waals surface area contributed by atoms with Gasteiger partial charge in [-0.2, -0.15) is 0 Å². The molecule has 26 heavy (non-hydrogen) atoms. The van der Waals surface area contributed by atoms with Gasteiger partial charge in [0, 0.05) is 4.88 Å². The molecule has 4 nitrogen and oxygen atoms in total. The number of hydrogen-bond acceptors (Lipinski definition) is 4. The number of carbonyl (C=O) groups is 1. The maximum Gasteiger partial charge on any atom is 0.256 e. The van der Waals surface area contributed by atoms with E-state index in [2.05, 4.69) is 24.5 Å². The maximum atomic E-state index is 12.7. The van der Waals surface area contributed by atoms with Gasteiger partial charge in [0.05, 0.1) is 12.2 Å². The smallest absolute Gasteiger partial charge is 0.256 e. The molecule has 2 aromatic rings. The van der Waals surface area contributed by atoms with Crippen molar-refractivity contribution in [3.05, 3.63) is 45.8 Å². The first-order chi connectivity index (χ1) is 12.6. The number of thiophene rings is 1. The fourth-order valence-electron chi connectivity index (χ4n) is 3.61. The number of rotatable bonds is 5. The molecular formula is C21H26N2O2S. The van der Waals surface area contributed by atoms with Crippen LogP contribution in [0.2, 0.25) is 0 Å². The van der Waals surface area contributed by atoms with Gasteiger partial charge in [-0.15, -0.1) is 11.3 Å². The molecule has 0 saturated heterocycles. The minimum absolute atomic E-state index is 0.0559. The van der Waals surface area contributed by atoms with Crippen LogP contribution in [0.4, 0.5) is 5.00 Å². The van der Waals surface area contributed by atoms with Crippen molar-refractivity contribution in [1.29, 1.82) is 0 Å². The molecule has 1 atom stereocenters. The average molecular weight is 371 g/mol. The van der Waals surface area contributed by atoms with Gasteiger partial charge >= 0.3 is 0 Å². The van der Waals surface area contributed by atoms with Gasteiger partial charge < -0.3 is 15.4 Å². The van der Waals surface area contributed by atoms with E-state index in [-0.39, 0.29) is 12.1 Å². The molecule has 2 N–H and O–H groups in total. The molecule has 1 unspecified atom stereocenters. The zero-order valence-electron chi connectivity index (χ0n) is 15.4. The first-order valence-electron chi connectivity index (χ1n) is 9.56. The van der Waals surface area contributed by atoms with Gasteiger partial charge in [-0.05, 0) is 61.3 Å². The molecule has 138 valence electrons. The highest BCUT2D eigenvalue weighted by Gasteiger charge is 2.31. The van der Waals surface area contributed by atoms with Gasteiger partial charge in [0.2, 0.25) is 0 Å². The van der Waals surface area contributed by atoms with Crippen LogP contribution in [0.1, 0.15) is 65.6 Å². The van der Waals surface area contributed by atoms with Crippen molar-refractivity contribution in [1.82, 2.24) is 5.32 Å². The Morgan fingerprint density at radius 2 is 1.92 bits per heavy atom. The molecule has 0 bridgehead atoms. The Morgan fingerprint density at radius 3 is 2.69 bits per heavy atom. The van der Waals surface area contributed by atoms with Crippen molar-refractivity contribution in [3.8, 4) is 5.75 Å². The van der Waals surface area contributed by atoms with Crippen LogP contribution in [0.3, 0.4) is 0 Å². The molecule has 1 aromatic heterocycles. The fourth-order valence-corrected chi connectivity index (χ4v) is 4.93. The summed E-state index contributed by atoms with van der Waals surface area (Å²) in [6, 6.07) is 8.03. The van der Waals surface area contributed by atoms with E-state index in [1.165, 1.54) is 23.3 Å². The van der Waals surface area contributed by atoms with E-state index in [9.17, 15) is 4.79 Å². The first-order valence-corrected chi connectivity index (χ1v) is 10.4. The van der Waals surface area contributed by atoms with Gasteiger partial charge in [-0.1, -0.05) is 26.0 Å². The van der Waals surface area contributed by atoms with Crippen molar-refractivity contribution < 1.29 is 9.53 Å². The Kier molecular flexibility index (Phi) is 4.90. The molecular weight excluding hydrogens is 344 g/mol. The Hall–Kier alpha value is -2.01. The summed E-state index contributed by atoms with van der Waals surface area (Å²) in [6.45, 7) is 5.13. The third-order valence-corrected chi connectivity index (χ3v) is 6.35. The average Bonchev–Trinajstić information content (AvgIpc) is 3.01. The summed E-state index contributed by atoms with van der Waals surface area (Å²) in [4.78, 5) is 14.1.